The van der Waals surface area contributed by atoms with Crippen LogP contribution in [0.4, 0.5) is 5.69 Å². The van der Waals surface area contributed by atoms with Crippen molar-refractivity contribution in [3.63, 3.8) is 0 Å². The molecule has 0 aliphatic heterocycles. The van der Waals surface area contributed by atoms with Crippen LogP contribution in [0, 0.1) is 11.3 Å². The minimum atomic E-state index is 0.500. The Hall–Kier alpha value is -1.24. The average molecular weight is 253 g/mol. The number of rotatable bonds is 6. The highest BCUT2D eigenvalue weighted by molar-refractivity contribution is 6.32. The average Bonchev–Trinajstić information content (AvgIpc) is 2.35. The van der Waals surface area contributed by atoms with Gasteiger partial charge in [-0.25, -0.2) is 0 Å². The van der Waals surface area contributed by atoms with Crippen LogP contribution < -0.4 is 4.90 Å². The van der Waals surface area contributed by atoms with E-state index >= 15 is 0 Å². The van der Waals surface area contributed by atoms with E-state index in [-0.39, 0.29) is 0 Å². The first-order chi connectivity index (χ1) is 8.22. The van der Waals surface area contributed by atoms with Gasteiger partial charge in [-0.2, -0.15) is 5.26 Å². The van der Waals surface area contributed by atoms with E-state index < -0.39 is 0 Å². The molecule has 4 heteroatoms. The molecule has 1 rings (SSSR count). The van der Waals surface area contributed by atoms with E-state index in [1.54, 1.807) is 6.07 Å². The second kappa shape index (κ2) is 7.16. The molecular weight excluding hydrogens is 236 g/mol. The lowest BCUT2D eigenvalue weighted by atomic mass is 10.2. The van der Waals surface area contributed by atoms with Crippen molar-refractivity contribution >= 4 is 17.3 Å². The number of hydrogen-bond donors (Lipinski definition) is 0. The van der Waals surface area contributed by atoms with Crippen molar-refractivity contribution in [1.82, 2.24) is 0 Å². The van der Waals surface area contributed by atoms with Gasteiger partial charge >= 0.3 is 0 Å². The monoisotopic (exact) mass is 252 g/mol. The second-order valence-electron chi connectivity index (χ2n) is 3.55. The third-order valence-corrected chi connectivity index (χ3v) is 2.84. The van der Waals surface area contributed by atoms with Crippen LogP contribution in [0.25, 0.3) is 0 Å². The highest BCUT2D eigenvalue weighted by Crippen LogP contribution is 2.23. The van der Waals surface area contributed by atoms with Gasteiger partial charge in [-0.3, -0.25) is 0 Å². The zero-order valence-corrected chi connectivity index (χ0v) is 11.0. The Morgan fingerprint density at radius 2 is 2.18 bits per heavy atom. The fourth-order valence-corrected chi connectivity index (χ4v) is 1.80. The lowest BCUT2D eigenvalue weighted by Crippen LogP contribution is -2.27. The summed E-state index contributed by atoms with van der Waals surface area (Å²) >= 11 is 6.01. The summed E-state index contributed by atoms with van der Waals surface area (Å²) in [6.45, 7) is 7.20. The van der Waals surface area contributed by atoms with Crippen molar-refractivity contribution in [2.24, 2.45) is 0 Å². The van der Waals surface area contributed by atoms with Gasteiger partial charge in [0.05, 0.1) is 17.2 Å². The molecule has 0 fully saturated rings. The van der Waals surface area contributed by atoms with E-state index in [1.165, 1.54) is 0 Å². The Balaban J connectivity index is 2.75. The lowest BCUT2D eigenvalue weighted by molar-refractivity contribution is 0.154. The quantitative estimate of drug-likeness (QED) is 0.730. The fourth-order valence-electron chi connectivity index (χ4n) is 1.58. The van der Waals surface area contributed by atoms with Crippen LogP contribution in [0.2, 0.25) is 5.02 Å². The summed E-state index contributed by atoms with van der Waals surface area (Å²) in [5.41, 5.74) is 1.53. The summed E-state index contributed by atoms with van der Waals surface area (Å²) in [6, 6.07) is 7.55. The third kappa shape index (κ3) is 3.92. The molecule has 0 spiro atoms. The Kier molecular flexibility index (Phi) is 5.82. The van der Waals surface area contributed by atoms with Crippen LogP contribution in [-0.4, -0.2) is 26.3 Å². The first-order valence-corrected chi connectivity index (χ1v) is 6.13. The second-order valence-corrected chi connectivity index (χ2v) is 3.96. The topological polar surface area (TPSA) is 36.3 Å². The van der Waals surface area contributed by atoms with Crippen molar-refractivity contribution in [3.8, 4) is 6.07 Å². The predicted molar refractivity (Wildman–Crippen MR) is 70.5 cm³/mol. The first-order valence-electron chi connectivity index (χ1n) is 5.75. The van der Waals surface area contributed by atoms with Gasteiger partial charge in [0, 0.05) is 25.4 Å². The summed E-state index contributed by atoms with van der Waals surface area (Å²) in [5.74, 6) is 0. The van der Waals surface area contributed by atoms with Gasteiger partial charge in [-0.1, -0.05) is 11.6 Å². The molecule has 0 unspecified atom stereocenters. The molecule has 0 radical (unpaired) electrons. The summed E-state index contributed by atoms with van der Waals surface area (Å²) < 4.78 is 5.34. The van der Waals surface area contributed by atoms with Gasteiger partial charge in [-0.05, 0) is 32.0 Å². The molecule has 0 atom stereocenters. The molecule has 0 saturated carbocycles. The van der Waals surface area contributed by atoms with Crippen molar-refractivity contribution < 1.29 is 4.74 Å². The Bertz CT molecular complexity index is 401. The summed E-state index contributed by atoms with van der Waals surface area (Å²) in [4.78, 5) is 2.17. The minimum absolute atomic E-state index is 0.500. The van der Waals surface area contributed by atoms with Crippen molar-refractivity contribution in [2.75, 3.05) is 31.2 Å². The van der Waals surface area contributed by atoms with E-state index in [1.807, 2.05) is 19.1 Å². The molecule has 1 aromatic carbocycles. The molecule has 0 bridgehead atoms. The zero-order chi connectivity index (χ0) is 12.7. The predicted octanol–water partition coefficient (Wildman–Crippen LogP) is 3.07. The normalized spacial score (nSPS) is 10.0. The molecule has 0 aliphatic rings. The Morgan fingerprint density at radius 1 is 1.41 bits per heavy atom. The van der Waals surface area contributed by atoms with Gasteiger partial charge < -0.3 is 9.64 Å². The van der Waals surface area contributed by atoms with Crippen LogP contribution in [0.3, 0.4) is 0 Å². The van der Waals surface area contributed by atoms with Crippen LogP contribution in [-0.2, 0) is 4.74 Å². The maximum absolute atomic E-state index is 8.81. The number of benzene rings is 1. The van der Waals surface area contributed by atoms with Crippen molar-refractivity contribution in [1.29, 1.82) is 5.26 Å². The van der Waals surface area contributed by atoms with E-state index in [0.29, 0.717) is 17.2 Å². The van der Waals surface area contributed by atoms with E-state index in [4.69, 9.17) is 21.6 Å². The smallest absolute Gasteiger partial charge is 0.101 e. The molecule has 17 heavy (non-hydrogen) atoms. The molecule has 0 aromatic heterocycles. The molecule has 0 N–H and O–H groups in total. The molecule has 0 saturated heterocycles. The van der Waals surface area contributed by atoms with Gasteiger partial charge in [0.2, 0.25) is 0 Å². The van der Waals surface area contributed by atoms with E-state index in [2.05, 4.69) is 17.9 Å². The number of anilines is 1. The summed E-state index contributed by atoms with van der Waals surface area (Å²) in [5, 5.41) is 9.31. The Morgan fingerprint density at radius 3 is 2.71 bits per heavy atom. The number of ether oxygens (including phenoxy) is 1. The maximum atomic E-state index is 8.81. The number of hydrogen-bond acceptors (Lipinski definition) is 3. The first kappa shape index (κ1) is 13.8. The number of nitrogens with zero attached hydrogens (tertiary/aromatic N) is 2. The van der Waals surface area contributed by atoms with Crippen molar-refractivity contribution in [2.45, 2.75) is 13.8 Å². The standard InChI is InChI=1S/C13H17ClN2O/c1-3-16(7-8-17-4-2)12-6-5-11(10-15)13(14)9-12/h5-6,9H,3-4,7-8H2,1-2H3. The van der Waals surface area contributed by atoms with Crippen molar-refractivity contribution in [3.05, 3.63) is 28.8 Å². The highest BCUT2D eigenvalue weighted by atomic mass is 35.5. The lowest BCUT2D eigenvalue weighted by Gasteiger charge is -2.23. The SMILES string of the molecule is CCOCCN(CC)c1ccc(C#N)c(Cl)c1. The molecular formula is C13H17ClN2O. The number of halogens is 1. The Labute approximate surface area is 108 Å². The van der Waals surface area contributed by atoms with E-state index in [0.717, 1.165) is 25.4 Å². The number of nitriles is 1. The summed E-state index contributed by atoms with van der Waals surface area (Å²) in [7, 11) is 0. The molecule has 0 aliphatic carbocycles. The maximum Gasteiger partial charge on any atom is 0.101 e. The molecule has 92 valence electrons. The van der Waals surface area contributed by atoms with E-state index in [9.17, 15) is 0 Å². The van der Waals surface area contributed by atoms with Crippen LogP contribution in [0.1, 0.15) is 19.4 Å². The third-order valence-electron chi connectivity index (χ3n) is 2.53. The van der Waals surface area contributed by atoms with Gasteiger partial charge in [0.1, 0.15) is 6.07 Å². The van der Waals surface area contributed by atoms with Crippen LogP contribution in [0.15, 0.2) is 18.2 Å². The van der Waals surface area contributed by atoms with Crippen LogP contribution >= 0.6 is 11.6 Å². The van der Waals surface area contributed by atoms with Gasteiger partial charge in [0.15, 0.2) is 0 Å². The molecule has 1 aromatic rings. The molecule has 3 nitrogen and oxygen atoms in total. The summed E-state index contributed by atoms with van der Waals surface area (Å²) in [6.07, 6.45) is 0. The fraction of sp³-hybridized carbons (Fsp3) is 0.462. The van der Waals surface area contributed by atoms with Gasteiger partial charge in [0.25, 0.3) is 0 Å². The molecule has 0 heterocycles. The van der Waals surface area contributed by atoms with Crippen LogP contribution in [0.5, 0.6) is 0 Å². The zero-order valence-electron chi connectivity index (χ0n) is 10.2. The largest absolute Gasteiger partial charge is 0.380 e. The molecule has 0 amide bonds. The number of likely N-dealkylation sites (N-methyl/N-ethyl adjacent to an activating group) is 1. The minimum Gasteiger partial charge on any atom is -0.380 e. The highest BCUT2D eigenvalue weighted by Gasteiger charge is 2.07. The van der Waals surface area contributed by atoms with Gasteiger partial charge in [-0.15, -0.1) is 0 Å².